The lowest BCUT2D eigenvalue weighted by Crippen LogP contribution is -2.32. The molecule has 0 amide bonds. The van der Waals surface area contributed by atoms with Gasteiger partial charge in [0.05, 0.1) is 21.3 Å². The van der Waals surface area contributed by atoms with E-state index in [9.17, 15) is 0 Å². The van der Waals surface area contributed by atoms with E-state index in [0.717, 1.165) is 48.6 Å². The molecule has 1 heterocycles. The van der Waals surface area contributed by atoms with Crippen molar-refractivity contribution < 1.29 is 18.9 Å². The summed E-state index contributed by atoms with van der Waals surface area (Å²) in [6, 6.07) is 18.9. The van der Waals surface area contributed by atoms with Gasteiger partial charge in [0, 0.05) is 18.2 Å². The molecule has 1 aliphatic heterocycles. The van der Waals surface area contributed by atoms with Crippen molar-refractivity contribution in [3.63, 3.8) is 0 Å². The molecule has 6 nitrogen and oxygen atoms in total. The lowest BCUT2D eigenvalue weighted by Gasteiger charge is -2.31. The van der Waals surface area contributed by atoms with Gasteiger partial charge in [0.15, 0.2) is 11.5 Å². The Morgan fingerprint density at radius 2 is 1.63 bits per heavy atom. The van der Waals surface area contributed by atoms with Crippen molar-refractivity contribution >= 4 is 0 Å². The first-order valence-corrected chi connectivity index (χ1v) is 12.0. The number of benzene rings is 3. The molecular formula is C29H36N2O4. The van der Waals surface area contributed by atoms with Crippen LogP contribution in [0.25, 0.3) is 0 Å². The van der Waals surface area contributed by atoms with Crippen LogP contribution in [0.2, 0.25) is 0 Å². The molecule has 0 bridgehead atoms. The minimum absolute atomic E-state index is 0.0840. The summed E-state index contributed by atoms with van der Waals surface area (Å²) in [7, 11) is 9.19. The molecule has 0 saturated heterocycles. The second-order valence-electron chi connectivity index (χ2n) is 9.17. The lowest BCUT2D eigenvalue weighted by molar-refractivity contribution is 0.266. The van der Waals surface area contributed by atoms with Crippen LogP contribution in [0.15, 0.2) is 54.6 Å². The molecule has 6 heteroatoms. The van der Waals surface area contributed by atoms with Crippen molar-refractivity contribution in [3.05, 3.63) is 82.4 Å². The average molecular weight is 477 g/mol. The van der Waals surface area contributed by atoms with Gasteiger partial charge in [-0.3, -0.25) is 0 Å². The highest BCUT2D eigenvalue weighted by molar-refractivity contribution is 5.61. The standard InChI is InChI=1S/C29H36N2O4/c1-31(2)18-21-9-6-10-22(14-21)19-35-29-27-23(17-26(33-4)28(29)34-5)12-13-30-25(27)16-20-8-7-11-24(15-20)32-3/h6-11,14-15,17,25,30H,12-13,16,18-19H2,1-5H3. The molecule has 1 atom stereocenters. The van der Waals surface area contributed by atoms with Gasteiger partial charge in [-0.1, -0.05) is 36.4 Å². The zero-order valence-electron chi connectivity index (χ0n) is 21.4. The van der Waals surface area contributed by atoms with E-state index in [4.69, 9.17) is 18.9 Å². The highest BCUT2D eigenvalue weighted by atomic mass is 16.5. The van der Waals surface area contributed by atoms with Gasteiger partial charge in [-0.25, -0.2) is 0 Å². The highest BCUT2D eigenvalue weighted by Crippen LogP contribution is 2.47. The van der Waals surface area contributed by atoms with Gasteiger partial charge < -0.3 is 29.2 Å². The van der Waals surface area contributed by atoms with Crippen LogP contribution in [0.3, 0.4) is 0 Å². The van der Waals surface area contributed by atoms with Crippen LogP contribution in [0.1, 0.15) is 33.9 Å². The second kappa shape index (κ2) is 11.5. The molecule has 1 N–H and O–H groups in total. The molecule has 0 fully saturated rings. The Bertz CT molecular complexity index is 1150. The zero-order chi connectivity index (χ0) is 24.8. The van der Waals surface area contributed by atoms with Gasteiger partial charge >= 0.3 is 0 Å². The van der Waals surface area contributed by atoms with Gasteiger partial charge in [-0.05, 0) is 73.9 Å². The molecule has 3 aromatic rings. The zero-order valence-corrected chi connectivity index (χ0v) is 21.4. The Labute approximate surface area is 208 Å². The Morgan fingerprint density at radius 3 is 2.37 bits per heavy atom. The van der Waals surface area contributed by atoms with Gasteiger partial charge in [0.25, 0.3) is 0 Å². The fourth-order valence-corrected chi connectivity index (χ4v) is 4.79. The summed E-state index contributed by atoms with van der Waals surface area (Å²) < 4.78 is 23.5. The maximum absolute atomic E-state index is 6.54. The van der Waals surface area contributed by atoms with E-state index in [1.165, 1.54) is 16.7 Å². The summed E-state index contributed by atoms with van der Waals surface area (Å²) in [5, 5.41) is 3.70. The van der Waals surface area contributed by atoms with Gasteiger partial charge in [-0.2, -0.15) is 0 Å². The molecule has 1 unspecified atom stereocenters. The lowest BCUT2D eigenvalue weighted by atomic mass is 9.88. The van der Waals surface area contributed by atoms with Crippen LogP contribution in [-0.2, 0) is 26.0 Å². The molecule has 186 valence electrons. The Morgan fingerprint density at radius 1 is 0.857 bits per heavy atom. The normalized spacial score (nSPS) is 15.0. The van der Waals surface area contributed by atoms with Crippen molar-refractivity contribution in [2.75, 3.05) is 42.0 Å². The Balaban J connectivity index is 1.69. The molecule has 0 spiro atoms. The number of nitrogens with zero attached hydrogens (tertiary/aromatic N) is 1. The molecule has 35 heavy (non-hydrogen) atoms. The second-order valence-corrected chi connectivity index (χ2v) is 9.17. The highest BCUT2D eigenvalue weighted by Gasteiger charge is 2.29. The van der Waals surface area contributed by atoms with E-state index in [2.05, 4.69) is 66.8 Å². The van der Waals surface area contributed by atoms with Gasteiger partial charge in [0.1, 0.15) is 12.4 Å². The van der Waals surface area contributed by atoms with E-state index in [1.54, 1.807) is 21.3 Å². The number of fused-ring (bicyclic) bond motifs is 1. The molecule has 0 radical (unpaired) electrons. The number of rotatable bonds is 10. The van der Waals surface area contributed by atoms with Crippen molar-refractivity contribution in [2.24, 2.45) is 0 Å². The van der Waals surface area contributed by atoms with Crippen LogP contribution in [0.4, 0.5) is 0 Å². The topological polar surface area (TPSA) is 52.2 Å². The minimum Gasteiger partial charge on any atom is -0.497 e. The van der Waals surface area contributed by atoms with E-state index in [0.29, 0.717) is 18.1 Å². The predicted octanol–water partition coefficient (Wildman–Crippen LogP) is 4.78. The van der Waals surface area contributed by atoms with Crippen molar-refractivity contribution in [1.82, 2.24) is 10.2 Å². The van der Waals surface area contributed by atoms with E-state index >= 15 is 0 Å². The summed E-state index contributed by atoms with van der Waals surface area (Å²) in [5.41, 5.74) is 5.95. The SMILES string of the molecule is COc1cccc(CC2NCCc3cc(OC)c(OC)c(OCc4cccc(CN(C)C)c4)c32)c1. The van der Waals surface area contributed by atoms with E-state index in [1.807, 2.05) is 12.1 Å². The molecular weight excluding hydrogens is 440 g/mol. The van der Waals surface area contributed by atoms with Crippen molar-refractivity contribution in [2.45, 2.75) is 32.0 Å². The first-order valence-electron chi connectivity index (χ1n) is 12.0. The van der Waals surface area contributed by atoms with E-state index < -0.39 is 0 Å². The van der Waals surface area contributed by atoms with Gasteiger partial charge in [-0.15, -0.1) is 0 Å². The van der Waals surface area contributed by atoms with Gasteiger partial charge in [0.2, 0.25) is 5.75 Å². The number of hydrogen-bond acceptors (Lipinski definition) is 6. The van der Waals surface area contributed by atoms with Crippen molar-refractivity contribution in [3.8, 4) is 23.0 Å². The van der Waals surface area contributed by atoms with Crippen LogP contribution in [0, 0.1) is 0 Å². The number of nitrogens with one attached hydrogen (secondary N) is 1. The summed E-state index contributed by atoms with van der Waals surface area (Å²) in [4.78, 5) is 2.16. The van der Waals surface area contributed by atoms with Crippen LogP contribution in [-0.4, -0.2) is 46.9 Å². The van der Waals surface area contributed by atoms with Crippen LogP contribution in [0.5, 0.6) is 23.0 Å². The molecule has 0 aliphatic carbocycles. The number of ether oxygens (including phenoxy) is 4. The maximum atomic E-state index is 6.54. The minimum atomic E-state index is 0.0840. The third-order valence-electron chi connectivity index (χ3n) is 6.33. The quantitative estimate of drug-likeness (QED) is 0.454. The molecule has 3 aromatic carbocycles. The summed E-state index contributed by atoms with van der Waals surface area (Å²) in [6.45, 7) is 2.23. The number of methoxy groups -OCH3 is 3. The van der Waals surface area contributed by atoms with E-state index in [-0.39, 0.29) is 6.04 Å². The van der Waals surface area contributed by atoms with Crippen molar-refractivity contribution in [1.29, 1.82) is 0 Å². The molecule has 4 rings (SSSR count). The molecule has 0 aromatic heterocycles. The maximum Gasteiger partial charge on any atom is 0.203 e. The number of hydrogen-bond donors (Lipinski definition) is 1. The third-order valence-corrected chi connectivity index (χ3v) is 6.33. The monoisotopic (exact) mass is 476 g/mol. The largest absolute Gasteiger partial charge is 0.497 e. The fourth-order valence-electron chi connectivity index (χ4n) is 4.79. The Kier molecular flexibility index (Phi) is 8.16. The first-order chi connectivity index (χ1) is 17.0. The smallest absolute Gasteiger partial charge is 0.203 e. The van der Waals surface area contributed by atoms with Crippen LogP contribution >= 0.6 is 0 Å². The first kappa shape index (κ1) is 24.9. The Hall–Kier alpha value is -3.22. The fraction of sp³-hybridized carbons (Fsp3) is 0.379. The summed E-state index contributed by atoms with van der Waals surface area (Å²) >= 11 is 0. The predicted molar refractivity (Wildman–Crippen MR) is 139 cm³/mol. The summed E-state index contributed by atoms with van der Waals surface area (Å²) in [6.07, 6.45) is 1.72. The average Bonchev–Trinajstić information content (AvgIpc) is 2.86. The molecule has 0 saturated carbocycles. The summed E-state index contributed by atoms with van der Waals surface area (Å²) in [5.74, 6) is 2.94. The third kappa shape index (κ3) is 5.89. The molecule has 1 aliphatic rings. The van der Waals surface area contributed by atoms with Crippen LogP contribution < -0.4 is 24.3 Å².